The van der Waals surface area contributed by atoms with Crippen molar-refractivity contribution in [3.8, 4) is 0 Å². The standard InChI is InChI=1S/C9H13BrF3NO4/c1-17-8(16)6(10)4-14-7(15)2-3-18-5-9(11,12)13/h6H,2-5H2,1H3,(H,14,15). The fraction of sp³-hybridized carbons (Fsp3) is 0.778. The van der Waals surface area contributed by atoms with Crippen LogP contribution in [0.15, 0.2) is 0 Å². The summed E-state index contributed by atoms with van der Waals surface area (Å²) in [7, 11) is 1.20. The van der Waals surface area contributed by atoms with Gasteiger partial charge in [0.1, 0.15) is 11.4 Å². The van der Waals surface area contributed by atoms with Crippen molar-refractivity contribution in [2.45, 2.75) is 17.4 Å². The van der Waals surface area contributed by atoms with E-state index in [1.807, 2.05) is 0 Å². The summed E-state index contributed by atoms with van der Waals surface area (Å²) in [5.74, 6) is -1.06. The minimum absolute atomic E-state index is 0.00915. The molecular weight excluding hydrogens is 323 g/mol. The monoisotopic (exact) mass is 335 g/mol. The van der Waals surface area contributed by atoms with E-state index in [-0.39, 0.29) is 19.6 Å². The number of alkyl halides is 4. The Balaban J connectivity index is 3.64. The van der Waals surface area contributed by atoms with E-state index >= 15 is 0 Å². The van der Waals surface area contributed by atoms with E-state index < -0.39 is 29.5 Å². The molecular formula is C9H13BrF3NO4. The molecule has 0 aliphatic heterocycles. The topological polar surface area (TPSA) is 64.6 Å². The van der Waals surface area contributed by atoms with Gasteiger partial charge in [0, 0.05) is 13.0 Å². The van der Waals surface area contributed by atoms with Gasteiger partial charge >= 0.3 is 12.1 Å². The predicted molar refractivity (Wildman–Crippen MR) is 59.2 cm³/mol. The van der Waals surface area contributed by atoms with E-state index in [4.69, 9.17) is 0 Å². The second kappa shape index (κ2) is 8.30. The molecule has 18 heavy (non-hydrogen) atoms. The lowest BCUT2D eigenvalue weighted by Gasteiger charge is -2.10. The van der Waals surface area contributed by atoms with Crippen molar-refractivity contribution >= 4 is 27.8 Å². The largest absolute Gasteiger partial charge is 0.468 e. The highest BCUT2D eigenvalue weighted by molar-refractivity contribution is 9.10. The maximum atomic E-state index is 11.7. The lowest BCUT2D eigenvalue weighted by molar-refractivity contribution is -0.174. The Bertz CT molecular complexity index is 285. The van der Waals surface area contributed by atoms with E-state index in [1.54, 1.807) is 0 Å². The van der Waals surface area contributed by atoms with Gasteiger partial charge in [-0.1, -0.05) is 15.9 Å². The lowest BCUT2D eigenvalue weighted by Crippen LogP contribution is -2.34. The van der Waals surface area contributed by atoms with E-state index in [9.17, 15) is 22.8 Å². The summed E-state index contributed by atoms with van der Waals surface area (Å²) in [6.07, 6.45) is -4.61. The van der Waals surface area contributed by atoms with Gasteiger partial charge in [0.2, 0.25) is 5.91 Å². The van der Waals surface area contributed by atoms with Crippen LogP contribution in [0.2, 0.25) is 0 Å². The number of amides is 1. The summed E-state index contributed by atoms with van der Waals surface area (Å²) < 4.78 is 43.7. The summed E-state index contributed by atoms with van der Waals surface area (Å²) in [6, 6.07) is 0. The molecule has 0 saturated carbocycles. The van der Waals surface area contributed by atoms with Gasteiger partial charge in [-0.3, -0.25) is 9.59 Å². The fourth-order valence-electron chi connectivity index (χ4n) is 0.856. The molecule has 0 radical (unpaired) electrons. The molecule has 1 atom stereocenters. The van der Waals surface area contributed by atoms with Crippen molar-refractivity contribution in [1.82, 2.24) is 5.32 Å². The molecule has 1 unspecified atom stereocenters. The van der Waals surface area contributed by atoms with Gasteiger partial charge in [0.05, 0.1) is 13.7 Å². The van der Waals surface area contributed by atoms with Crippen molar-refractivity contribution in [1.29, 1.82) is 0 Å². The quantitative estimate of drug-likeness (QED) is 0.428. The van der Waals surface area contributed by atoms with Crippen LogP contribution in [0.4, 0.5) is 13.2 Å². The number of ether oxygens (including phenoxy) is 2. The molecule has 1 amide bonds. The summed E-state index contributed by atoms with van der Waals surface area (Å²) >= 11 is 2.97. The van der Waals surface area contributed by atoms with Crippen molar-refractivity contribution in [2.75, 3.05) is 26.9 Å². The van der Waals surface area contributed by atoms with Crippen LogP contribution in [0.5, 0.6) is 0 Å². The van der Waals surface area contributed by atoms with Crippen LogP contribution in [0, 0.1) is 0 Å². The second-order valence-electron chi connectivity index (χ2n) is 3.21. The zero-order valence-corrected chi connectivity index (χ0v) is 11.1. The maximum Gasteiger partial charge on any atom is 0.411 e. The number of halogens is 4. The SMILES string of the molecule is COC(=O)C(Br)CNC(=O)CCOCC(F)(F)F. The minimum atomic E-state index is -4.40. The van der Waals surface area contributed by atoms with Gasteiger partial charge in [-0.2, -0.15) is 13.2 Å². The first-order chi connectivity index (χ1) is 8.26. The third-order valence-electron chi connectivity index (χ3n) is 1.67. The molecule has 0 aliphatic carbocycles. The number of rotatable bonds is 7. The van der Waals surface area contributed by atoms with Crippen LogP contribution in [0.1, 0.15) is 6.42 Å². The third kappa shape index (κ3) is 9.23. The molecule has 9 heteroatoms. The van der Waals surface area contributed by atoms with Crippen LogP contribution in [-0.2, 0) is 19.1 Å². The first-order valence-corrected chi connectivity index (χ1v) is 5.81. The molecule has 0 heterocycles. The number of hydrogen-bond acceptors (Lipinski definition) is 4. The van der Waals surface area contributed by atoms with E-state index in [0.29, 0.717) is 0 Å². The highest BCUT2D eigenvalue weighted by Gasteiger charge is 2.27. The van der Waals surface area contributed by atoms with Crippen molar-refractivity contribution in [3.63, 3.8) is 0 Å². The molecule has 106 valence electrons. The molecule has 0 saturated heterocycles. The van der Waals surface area contributed by atoms with Gasteiger partial charge in [0.25, 0.3) is 0 Å². The fourth-order valence-corrected chi connectivity index (χ4v) is 1.20. The average Bonchev–Trinajstić information content (AvgIpc) is 2.29. The van der Waals surface area contributed by atoms with Crippen molar-refractivity contribution in [2.24, 2.45) is 0 Å². The summed E-state index contributed by atoms with van der Waals surface area (Å²) in [5.41, 5.74) is 0. The smallest absolute Gasteiger partial charge is 0.411 e. The van der Waals surface area contributed by atoms with Crippen LogP contribution in [0.3, 0.4) is 0 Å². The van der Waals surface area contributed by atoms with Gasteiger partial charge in [-0.05, 0) is 0 Å². The Labute approximate surface area is 110 Å². The van der Waals surface area contributed by atoms with Gasteiger partial charge in [0.15, 0.2) is 0 Å². The highest BCUT2D eigenvalue weighted by atomic mass is 79.9. The van der Waals surface area contributed by atoms with E-state index in [0.717, 1.165) is 0 Å². The zero-order valence-electron chi connectivity index (χ0n) is 9.55. The first kappa shape index (κ1) is 17.2. The third-order valence-corrected chi connectivity index (χ3v) is 2.37. The van der Waals surface area contributed by atoms with Crippen molar-refractivity contribution < 1.29 is 32.2 Å². The molecule has 0 rings (SSSR count). The zero-order chi connectivity index (χ0) is 14.2. The van der Waals surface area contributed by atoms with Gasteiger partial charge in [-0.25, -0.2) is 0 Å². The van der Waals surface area contributed by atoms with Crippen LogP contribution in [-0.4, -0.2) is 49.7 Å². The molecule has 5 nitrogen and oxygen atoms in total. The summed E-state index contributed by atoms with van der Waals surface area (Å²) in [4.78, 5) is 21.4. The Morgan fingerprint density at radius 1 is 1.39 bits per heavy atom. The Hall–Kier alpha value is -0.830. The average molecular weight is 336 g/mol. The van der Waals surface area contributed by atoms with Crippen LogP contribution >= 0.6 is 15.9 Å². The Morgan fingerprint density at radius 3 is 2.50 bits per heavy atom. The number of esters is 1. The Morgan fingerprint density at radius 2 is 2.00 bits per heavy atom. The number of nitrogens with one attached hydrogen (secondary N) is 1. The number of hydrogen-bond donors (Lipinski definition) is 1. The molecule has 0 aliphatic rings. The van der Waals surface area contributed by atoms with Crippen molar-refractivity contribution in [3.05, 3.63) is 0 Å². The van der Waals surface area contributed by atoms with Crippen LogP contribution in [0.25, 0.3) is 0 Å². The molecule has 0 aromatic carbocycles. The van der Waals surface area contributed by atoms with Crippen LogP contribution < -0.4 is 5.32 Å². The summed E-state index contributed by atoms with van der Waals surface area (Å²) in [6.45, 7) is -1.73. The number of carbonyl (C=O) groups excluding carboxylic acids is 2. The first-order valence-electron chi connectivity index (χ1n) is 4.89. The second-order valence-corrected chi connectivity index (χ2v) is 4.32. The molecule has 0 aromatic heterocycles. The normalized spacial score (nSPS) is 12.9. The molecule has 0 fully saturated rings. The molecule has 0 aromatic rings. The Kier molecular flexibility index (Phi) is 7.92. The summed E-state index contributed by atoms with van der Waals surface area (Å²) in [5, 5.41) is 2.35. The molecule has 1 N–H and O–H groups in total. The van der Waals surface area contributed by atoms with E-state index in [2.05, 4.69) is 30.7 Å². The minimum Gasteiger partial charge on any atom is -0.468 e. The molecule has 0 bridgehead atoms. The van der Waals surface area contributed by atoms with Gasteiger partial charge in [-0.15, -0.1) is 0 Å². The van der Waals surface area contributed by atoms with Gasteiger partial charge < -0.3 is 14.8 Å². The maximum absolute atomic E-state index is 11.7. The number of methoxy groups -OCH3 is 1. The molecule has 0 spiro atoms. The number of carbonyl (C=O) groups is 2. The lowest BCUT2D eigenvalue weighted by atomic mass is 10.4. The highest BCUT2D eigenvalue weighted by Crippen LogP contribution is 2.14. The predicted octanol–water partition coefficient (Wildman–Crippen LogP) is 1.01. The van der Waals surface area contributed by atoms with E-state index in [1.165, 1.54) is 7.11 Å².